The maximum absolute atomic E-state index is 12.3. The van der Waals surface area contributed by atoms with E-state index in [0.29, 0.717) is 12.2 Å². The van der Waals surface area contributed by atoms with Gasteiger partial charge in [0.05, 0.1) is 6.54 Å². The molecule has 0 aliphatic heterocycles. The minimum Gasteiger partial charge on any atom is -0.481 e. The van der Waals surface area contributed by atoms with Crippen LogP contribution in [0.25, 0.3) is 11.1 Å². The molecule has 0 radical (unpaired) electrons. The number of aliphatic carboxylic acids is 1. The van der Waals surface area contributed by atoms with Gasteiger partial charge in [0.1, 0.15) is 6.61 Å². The van der Waals surface area contributed by atoms with Gasteiger partial charge in [0.15, 0.2) is 11.5 Å². The van der Waals surface area contributed by atoms with E-state index in [-0.39, 0.29) is 43.6 Å². The van der Waals surface area contributed by atoms with Crippen molar-refractivity contribution in [2.24, 2.45) is 5.92 Å². The van der Waals surface area contributed by atoms with Crippen LogP contribution in [0.4, 0.5) is 4.79 Å². The van der Waals surface area contributed by atoms with Crippen LogP contribution in [0.15, 0.2) is 59.1 Å². The van der Waals surface area contributed by atoms with Gasteiger partial charge in [-0.15, -0.1) is 0 Å². The Morgan fingerprint density at radius 2 is 1.71 bits per heavy atom. The number of rotatable bonds is 10. The van der Waals surface area contributed by atoms with Gasteiger partial charge in [0.2, 0.25) is 0 Å². The number of hydrogen-bond acceptors (Lipinski definition) is 6. The van der Waals surface area contributed by atoms with E-state index in [1.54, 1.807) is 0 Å². The molecule has 35 heavy (non-hydrogen) atoms. The zero-order chi connectivity index (χ0) is 24.8. The number of nitrogens with one attached hydrogen (secondary N) is 2. The van der Waals surface area contributed by atoms with Crippen molar-refractivity contribution in [3.8, 4) is 11.1 Å². The first-order chi connectivity index (χ1) is 17.0. The highest BCUT2D eigenvalue weighted by atomic mass is 16.5. The van der Waals surface area contributed by atoms with E-state index in [2.05, 4.69) is 27.9 Å². The van der Waals surface area contributed by atoms with Gasteiger partial charge >= 0.3 is 12.1 Å². The molecule has 0 bridgehead atoms. The molecule has 1 heterocycles. The van der Waals surface area contributed by atoms with Gasteiger partial charge in [-0.3, -0.25) is 9.59 Å². The number of alkyl carbamates (subject to hydrolysis) is 1. The van der Waals surface area contributed by atoms with Crippen molar-refractivity contribution < 1.29 is 28.8 Å². The number of carboxylic acid groups (broad SMARTS) is 1. The highest BCUT2D eigenvalue weighted by molar-refractivity contribution is 5.92. The standard InChI is InChI=1S/C26H27N3O6/c1-2-16(11-24(30)31)13-27-25(32)23-12-17(35-29-23)14-28-26(33)34-15-22-20-9-5-3-7-18(20)19-8-4-6-10-21(19)22/h3-10,12,16,22H,2,11,13-15H2,1H3,(H,27,32)(H,28,33)(H,30,31). The van der Waals surface area contributed by atoms with Gasteiger partial charge in [-0.1, -0.05) is 67.0 Å². The van der Waals surface area contributed by atoms with Gasteiger partial charge in [-0.25, -0.2) is 4.79 Å². The zero-order valence-electron chi connectivity index (χ0n) is 19.3. The van der Waals surface area contributed by atoms with Gasteiger partial charge in [0, 0.05) is 24.9 Å². The Kier molecular flexibility index (Phi) is 7.45. The Hall–Kier alpha value is -4.14. The third kappa shape index (κ3) is 5.68. The molecule has 4 rings (SSSR count). The van der Waals surface area contributed by atoms with E-state index in [4.69, 9.17) is 14.4 Å². The number of aromatic nitrogens is 1. The Morgan fingerprint density at radius 3 is 2.34 bits per heavy atom. The number of nitrogens with zero attached hydrogens (tertiary/aromatic N) is 1. The molecule has 1 atom stereocenters. The largest absolute Gasteiger partial charge is 0.481 e. The van der Waals surface area contributed by atoms with Crippen molar-refractivity contribution in [2.75, 3.05) is 13.2 Å². The summed E-state index contributed by atoms with van der Waals surface area (Å²) < 4.78 is 10.6. The van der Waals surface area contributed by atoms with E-state index in [1.807, 2.05) is 43.3 Å². The number of hydrogen-bond donors (Lipinski definition) is 3. The first-order valence-electron chi connectivity index (χ1n) is 11.5. The molecule has 9 nitrogen and oxygen atoms in total. The van der Waals surface area contributed by atoms with Crippen LogP contribution in [0.1, 0.15) is 53.1 Å². The van der Waals surface area contributed by atoms with Crippen LogP contribution in [-0.2, 0) is 16.1 Å². The number of benzene rings is 2. The molecule has 0 fully saturated rings. The van der Waals surface area contributed by atoms with E-state index >= 15 is 0 Å². The van der Waals surface area contributed by atoms with Crippen molar-refractivity contribution in [1.29, 1.82) is 0 Å². The SMILES string of the molecule is CCC(CNC(=O)c1cc(CNC(=O)OCC2c3ccccc3-c3ccccc32)on1)CC(=O)O. The lowest BCUT2D eigenvalue weighted by molar-refractivity contribution is -0.138. The summed E-state index contributed by atoms with van der Waals surface area (Å²) >= 11 is 0. The highest BCUT2D eigenvalue weighted by Gasteiger charge is 2.29. The molecule has 2 amide bonds. The van der Waals surface area contributed by atoms with Gasteiger partial charge < -0.3 is 25.0 Å². The first-order valence-corrected chi connectivity index (χ1v) is 11.5. The van der Waals surface area contributed by atoms with Gasteiger partial charge in [0.25, 0.3) is 5.91 Å². The number of fused-ring (bicyclic) bond motifs is 3. The summed E-state index contributed by atoms with van der Waals surface area (Å²) in [7, 11) is 0. The van der Waals surface area contributed by atoms with Crippen molar-refractivity contribution in [3.05, 3.63) is 77.2 Å². The lowest BCUT2D eigenvalue weighted by atomic mass is 9.98. The summed E-state index contributed by atoms with van der Waals surface area (Å²) in [5.74, 6) is -1.29. The predicted molar refractivity (Wildman–Crippen MR) is 127 cm³/mol. The monoisotopic (exact) mass is 477 g/mol. The molecule has 182 valence electrons. The van der Waals surface area contributed by atoms with Crippen LogP contribution in [0.2, 0.25) is 0 Å². The third-order valence-corrected chi connectivity index (χ3v) is 6.13. The van der Waals surface area contributed by atoms with Crippen LogP contribution in [-0.4, -0.2) is 41.4 Å². The second kappa shape index (κ2) is 10.9. The Morgan fingerprint density at radius 1 is 1.06 bits per heavy atom. The van der Waals surface area contributed by atoms with Crippen LogP contribution < -0.4 is 10.6 Å². The summed E-state index contributed by atoms with van der Waals surface area (Å²) in [5.41, 5.74) is 4.61. The van der Waals surface area contributed by atoms with E-state index in [1.165, 1.54) is 6.07 Å². The number of amides is 2. The van der Waals surface area contributed by atoms with E-state index < -0.39 is 18.0 Å². The second-order valence-corrected chi connectivity index (χ2v) is 8.44. The number of carbonyl (C=O) groups excluding carboxylic acids is 2. The van der Waals surface area contributed by atoms with Crippen molar-refractivity contribution in [2.45, 2.75) is 32.2 Å². The summed E-state index contributed by atoms with van der Waals surface area (Å²) in [6.07, 6.45) is -0.000250. The summed E-state index contributed by atoms with van der Waals surface area (Å²) in [6.45, 7) is 2.29. The van der Waals surface area contributed by atoms with Gasteiger partial charge in [-0.05, 0) is 28.2 Å². The lowest BCUT2D eigenvalue weighted by Crippen LogP contribution is -2.30. The fourth-order valence-electron chi connectivity index (χ4n) is 4.25. The van der Waals surface area contributed by atoms with Crippen LogP contribution in [0.3, 0.4) is 0 Å². The molecule has 0 saturated heterocycles. The normalized spacial score (nSPS) is 12.9. The highest BCUT2D eigenvalue weighted by Crippen LogP contribution is 2.44. The minimum atomic E-state index is -0.908. The molecule has 0 saturated carbocycles. The van der Waals surface area contributed by atoms with Gasteiger partial charge in [-0.2, -0.15) is 0 Å². The average molecular weight is 478 g/mol. The van der Waals surface area contributed by atoms with Crippen molar-refractivity contribution in [1.82, 2.24) is 15.8 Å². The van der Waals surface area contributed by atoms with Crippen LogP contribution in [0, 0.1) is 5.92 Å². The Labute approximate surface area is 202 Å². The van der Waals surface area contributed by atoms with Crippen molar-refractivity contribution in [3.63, 3.8) is 0 Å². The minimum absolute atomic E-state index is 0.00749. The molecule has 2 aromatic carbocycles. The number of ether oxygens (including phenoxy) is 1. The number of carbonyl (C=O) groups is 3. The molecular formula is C26H27N3O6. The van der Waals surface area contributed by atoms with Crippen LogP contribution >= 0.6 is 0 Å². The third-order valence-electron chi connectivity index (χ3n) is 6.13. The average Bonchev–Trinajstić information content (AvgIpc) is 3.46. The first kappa shape index (κ1) is 24.0. The molecule has 3 aromatic rings. The summed E-state index contributed by atoms with van der Waals surface area (Å²) in [6, 6.07) is 17.6. The molecule has 9 heteroatoms. The molecule has 1 aliphatic rings. The molecule has 1 aromatic heterocycles. The summed E-state index contributed by atoms with van der Waals surface area (Å²) in [5, 5.41) is 17.9. The summed E-state index contributed by atoms with van der Waals surface area (Å²) in [4.78, 5) is 35.4. The van der Waals surface area contributed by atoms with E-state index in [9.17, 15) is 14.4 Å². The maximum atomic E-state index is 12.3. The second-order valence-electron chi connectivity index (χ2n) is 8.44. The smallest absolute Gasteiger partial charge is 0.407 e. The molecule has 1 unspecified atom stereocenters. The lowest BCUT2D eigenvalue weighted by Gasteiger charge is -2.14. The van der Waals surface area contributed by atoms with Crippen LogP contribution in [0.5, 0.6) is 0 Å². The molecular weight excluding hydrogens is 450 g/mol. The quantitative estimate of drug-likeness (QED) is 0.403. The Bertz CT molecular complexity index is 1180. The molecule has 3 N–H and O–H groups in total. The van der Waals surface area contributed by atoms with Crippen molar-refractivity contribution >= 4 is 18.0 Å². The Balaban J connectivity index is 1.26. The topological polar surface area (TPSA) is 131 Å². The maximum Gasteiger partial charge on any atom is 0.407 e. The molecule has 0 spiro atoms. The zero-order valence-corrected chi connectivity index (χ0v) is 19.3. The fourth-order valence-corrected chi connectivity index (χ4v) is 4.25. The molecule has 1 aliphatic carbocycles. The predicted octanol–water partition coefficient (Wildman–Crippen LogP) is 3.94. The fraction of sp³-hybridized carbons (Fsp3) is 0.308. The van der Waals surface area contributed by atoms with E-state index in [0.717, 1.165) is 22.3 Å². The number of carboxylic acids is 1.